The minimum Gasteiger partial charge on any atom is -0.493 e. The fourth-order valence-corrected chi connectivity index (χ4v) is 6.24. The smallest absolute Gasteiger partial charge is 0.264 e. The summed E-state index contributed by atoms with van der Waals surface area (Å²) in [6.07, 6.45) is 7.53. The lowest BCUT2D eigenvalue weighted by molar-refractivity contribution is -0.117. The van der Waals surface area contributed by atoms with E-state index in [1.165, 1.54) is 30.3 Å². The molecule has 3 rings (SSSR count). The molecule has 1 heterocycles. The van der Waals surface area contributed by atoms with Gasteiger partial charge in [-0.2, -0.15) is 8.42 Å². The van der Waals surface area contributed by atoms with Gasteiger partial charge in [-0.25, -0.2) is 0 Å². The average molecular weight is 819 g/mol. The molecule has 1 aliphatic heterocycles. The van der Waals surface area contributed by atoms with Crippen molar-refractivity contribution in [1.29, 1.82) is 0 Å². The molecule has 0 radical (unpaired) electrons. The molecule has 2 aromatic carbocycles. The normalized spacial score (nSPS) is 13.8. The maximum atomic E-state index is 10.6. The lowest BCUT2D eigenvalue weighted by atomic mass is 9.97. The van der Waals surface area contributed by atoms with Crippen LogP contribution >= 0.6 is 0 Å². The third kappa shape index (κ3) is 26.2. The molecular weight excluding hydrogens is 745 g/mol. The van der Waals surface area contributed by atoms with Crippen LogP contribution in [0.1, 0.15) is 103 Å². The van der Waals surface area contributed by atoms with Crippen molar-refractivity contribution in [2.24, 2.45) is 5.92 Å². The Labute approximate surface area is 345 Å². The summed E-state index contributed by atoms with van der Waals surface area (Å²) in [4.78, 5) is 13.0. The van der Waals surface area contributed by atoms with Gasteiger partial charge in [0.15, 0.2) is 0 Å². The van der Waals surface area contributed by atoms with E-state index in [2.05, 4.69) is 85.8 Å². The van der Waals surface area contributed by atoms with Crippen molar-refractivity contribution >= 4 is 16.0 Å². The van der Waals surface area contributed by atoms with Gasteiger partial charge in [-0.3, -0.25) is 13.9 Å². The number of hydrogen-bond donors (Lipinski definition) is 3. The molecule has 3 N–H and O–H groups in total. The molecule has 324 valence electrons. The Morgan fingerprint density at radius 1 is 0.895 bits per heavy atom. The Morgan fingerprint density at radius 3 is 1.60 bits per heavy atom. The van der Waals surface area contributed by atoms with Gasteiger partial charge in [-0.05, 0) is 136 Å². The third-order valence-corrected chi connectivity index (χ3v) is 8.47. The van der Waals surface area contributed by atoms with Crippen molar-refractivity contribution in [3.05, 3.63) is 70.3 Å². The van der Waals surface area contributed by atoms with Gasteiger partial charge in [0.1, 0.15) is 30.8 Å². The van der Waals surface area contributed by atoms with Crippen LogP contribution in [0.15, 0.2) is 36.9 Å². The van der Waals surface area contributed by atoms with Gasteiger partial charge in [-0.15, -0.1) is 6.42 Å². The van der Waals surface area contributed by atoms with Gasteiger partial charge >= 0.3 is 0 Å². The summed E-state index contributed by atoms with van der Waals surface area (Å²) in [5, 5.41) is 21.9. The van der Waals surface area contributed by atoms with Crippen molar-refractivity contribution in [2.75, 3.05) is 52.4 Å². The predicted octanol–water partition coefficient (Wildman–Crippen LogP) is 6.86. The van der Waals surface area contributed by atoms with Gasteiger partial charge in [0, 0.05) is 36.7 Å². The SMILES string of the molecule is C#CCOCC(O)COc1c(C)cc(Cc2cc(C)c(OCC(C)CO)c(C)c2)cc1C.C=CC(=O)NC(C)(C)C.CC(C)(C)N1CC1.CC(C)(C)OS(C)(=O)=O. The fraction of sp³-hybridized carbons (Fsp3) is 0.622. The summed E-state index contributed by atoms with van der Waals surface area (Å²) in [7, 11) is -3.28. The lowest BCUT2D eigenvalue weighted by Gasteiger charge is -2.18. The van der Waals surface area contributed by atoms with Crippen molar-refractivity contribution in [1.82, 2.24) is 10.2 Å². The number of benzene rings is 2. The van der Waals surface area contributed by atoms with E-state index in [9.17, 15) is 23.4 Å². The van der Waals surface area contributed by atoms with Gasteiger partial charge in [0.05, 0.1) is 25.1 Å². The highest BCUT2D eigenvalue weighted by molar-refractivity contribution is 7.86. The fourth-order valence-electron chi connectivity index (χ4n) is 5.33. The van der Waals surface area contributed by atoms with Gasteiger partial charge in [-0.1, -0.05) is 43.7 Å². The molecule has 57 heavy (non-hydrogen) atoms. The molecule has 1 amide bonds. The largest absolute Gasteiger partial charge is 0.493 e. The number of rotatable bonds is 14. The maximum Gasteiger partial charge on any atom is 0.264 e. The van der Waals surface area contributed by atoms with E-state index in [0.717, 1.165) is 46.4 Å². The quantitative estimate of drug-likeness (QED) is 0.0609. The number of nitrogens with one attached hydrogen (secondary N) is 1. The standard InChI is InChI=1S/C27H36O5.C7H13NO.C6H13N.C5H12O3S/c1-7-8-30-16-25(29)17-32-27-21(5)11-24(12-22(27)6)13-23-9-19(3)26(20(4)10-23)31-15-18(2)14-28;1-5-6(9)8-7(2,3)4;1-6(2,3)7-4-5-7;1-5(2,3)8-9(4,6)7/h1,9-12,18,25,28-29H,8,13-17H2,2-6H3;5H,1H2,2-4H3,(H,8,9);4-5H2,1-3H3;1-4H3. The minimum absolute atomic E-state index is 0.108. The molecule has 12 heteroatoms. The molecule has 0 saturated carbocycles. The monoisotopic (exact) mass is 819 g/mol. The summed E-state index contributed by atoms with van der Waals surface area (Å²) < 4.78 is 42.4. The van der Waals surface area contributed by atoms with E-state index in [0.29, 0.717) is 12.1 Å². The first-order chi connectivity index (χ1) is 26.0. The molecule has 1 aliphatic rings. The van der Waals surface area contributed by atoms with Crippen LogP contribution in [0.25, 0.3) is 0 Å². The van der Waals surface area contributed by atoms with Crippen molar-refractivity contribution in [2.45, 2.75) is 126 Å². The molecule has 2 unspecified atom stereocenters. The Bertz CT molecular complexity index is 1640. The van der Waals surface area contributed by atoms with Crippen molar-refractivity contribution < 1.29 is 41.8 Å². The topological polar surface area (TPSA) is 144 Å². The second kappa shape index (κ2) is 24.5. The Morgan fingerprint density at radius 2 is 1.33 bits per heavy atom. The van der Waals surface area contributed by atoms with Crippen LogP contribution in [0.2, 0.25) is 0 Å². The van der Waals surface area contributed by atoms with E-state index in [1.54, 1.807) is 20.8 Å². The second-order valence-electron chi connectivity index (χ2n) is 17.6. The summed E-state index contributed by atoms with van der Waals surface area (Å²) in [5.74, 6) is 4.05. The summed E-state index contributed by atoms with van der Waals surface area (Å²) in [5.41, 5.74) is 6.37. The van der Waals surface area contributed by atoms with Crippen LogP contribution in [0, 0.1) is 46.0 Å². The van der Waals surface area contributed by atoms with E-state index in [4.69, 9.17) is 20.6 Å². The van der Waals surface area contributed by atoms with E-state index >= 15 is 0 Å². The predicted molar refractivity (Wildman–Crippen MR) is 233 cm³/mol. The van der Waals surface area contributed by atoms with Crippen molar-refractivity contribution in [3.8, 4) is 23.8 Å². The number of carbonyl (C=O) groups excluding carboxylic acids is 1. The zero-order valence-electron chi connectivity index (χ0n) is 37.6. The van der Waals surface area contributed by atoms with Crippen LogP contribution in [0.3, 0.4) is 0 Å². The van der Waals surface area contributed by atoms with Crippen LogP contribution in [0.4, 0.5) is 0 Å². The zero-order chi connectivity index (χ0) is 44.4. The first-order valence-electron chi connectivity index (χ1n) is 19.4. The van der Waals surface area contributed by atoms with E-state index < -0.39 is 21.8 Å². The van der Waals surface area contributed by atoms with Crippen LogP contribution in [-0.4, -0.2) is 105 Å². The molecule has 0 bridgehead atoms. The molecule has 2 atom stereocenters. The summed E-state index contributed by atoms with van der Waals surface area (Å²) >= 11 is 0. The van der Waals surface area contributed by atoms with Gasteiger partial charge < -0.3 is 29.7 Å². The number of aliphatic hydroxyl groups excluding tert-OH is 2. The Kier molecular flexibility index (Phi) is 23.0. The highest BCUT2D eigenvalue weighted by atomic mass is 32.2. The van der Waals surface area contributed by atoms with Crippen LogP contribution < -0.4 is 14.8 Å². The number of ether oxygens (including phenoxy) is 3. The number of terminal acetylenes is 1. The Balaban J connectivity index is 0.00000100. The molecule has 2 aromatic rings. The Hall–Kier alpha value is -3.44. The highest BCUT2D eigenvalue weighted by Gasteiger charge is 2.29. The number of aryl methyl sites for hydroxylation is 4. The van der Waals surface area contributed by atoms with Crippen LogP contribution in [0.5, 0.6) is 11.5 Å². The molecule has 1 fully saturated rings. The van der Waals surface area contributed by atoms with E-state index in [1.807, 2.05) is 41.5 Å². The third-order valence-electron chi connectivity index (χ3n) is 7.67. The molecule has 0 spiro atoms. The minimum atomic E-state index is -3.28. The lowest BCUT2D eigenvalue weighted by Crippen LogP contribution is -2.39. The summed E-state index contributed by atoms with van der Waals surface area (Å²) in [6.45, 7) is 34.8. The molecular formula is C45H74N2O9S. The number of aliphatic hydroxyl groups is 2. The number of hydrogen-bond acceptors (Lipinski definition) is 10. The highest BCUT2D eigenvalue weighted by Crippen LogP contribution is 2.29. The average Bonchev–Trinajstić information content (AvgIpc) is 3.89. The first-order valence-corrected chi connectivity index (χ1v) is 21.2. The zero-order valence-corrected chi connectivity index (χ0v) is 38.4. The second-order valence-corrected chi connectivity index (χ2v) is 19.2. The molecule has 0 aromatic heterocycles. The summed E-state index contributed by atoms with van der Waals surface area (Å²) in [6, 6.07) is 8.57. The van der Waals surface area contributed by atoms with Crippen LogP contribution in [-0.2, 0) is 30.3 Å². The number of nitrogens with zero attached hydrogens (tertiary/aromatic N) is 1. The molecule has 0 aliphatic carbocycles. The van der Waals surface area contributed by atoms with Crippen molar-refractivity contribution in [3.63, 3.8) is 0 Å². The number of carbonyl (C=O) groups is 1. The maximum absolute atomic E-state index is 10.6. The molecule has 11 nitrogen and oxygen atoms in total. The molecule has 1 saturated heterocycles. The first kappa shape index (κ1) is 53.6. The van der Waals surface area contributed by atoms with Gasteiger partial charge in [0.2, 0.25) is 5.91 Å². The van der Waals surface area contributed by atoms with Gasteiger partial charge in [0.25, 0.3) is 10.1 Å². The van der Waals surface area contributed by atoms with E-state index in [-0.39, 0.29) is 43.8 Å². The number of amides is 1.